The molecule has 0 saturated heterocycles. The summed E-state index contributed by atoms with van der Waals surface area (Å²) in [5.41, 5.74) is 1.64. The topological polar surface area (TPSA) is 26.3 Å². The maximum Gasteiger partial charge on any atom is 0.349 e. The highest BCUT2D eigenvalue weighted by molar-refractivity contribution is 5.92. The Balaban J connectivity index is 1.87. The minimum absolute atomic E-state index is 0.00452. The number of allylic oxidation sites excluding steroid dienone is 4. The van der Waals surface area contributed by atoms with Gasteiger partial charge in [0.05, 0.1) is 0 Å². The number of carbonyl (C=O) groups excluding carboxylic acids is 1. The Hall–Kier alpha value is -2.82. The molecule has 3 rings (SSSR count). The molecule has 1 aliphatic carbocycles. The first-order valence-electron chi connectivity index (χ1n) is 7.77. The second-order valence-electron chi connectivity index (χ2n) is 5.86. The van der Waals surface area contributed by atoms with Gasteiger partial charge in [-0.1, -0.05) is 17.7 Å². The van der Waals surface area contributed by atoms with E-state index in [1.165, 1.54) is 17.7 Å². The number of carbonyl (C=O) groups is 1. The lowest BCUT2D eigenvalue weighted by Gasteiger charge is -2.14. The van der Waals surface area contributed by atoms with Crippen LogP contribution in [0.3, 0.4) is 0 Å². The second-order valence-corrected chi connectivity index (χ2v) is 5.86. The Bertz CT molecular complexity index is 857. The molecule has 2 nitrogen and oxygen atoms in total. The molecular formula is C20H15F3O2. The zero-order valence-electron chi connectivity index (χ0n) is 13.5. The van der Waals surface area contributed by atoms with Crippen LogP contribution in [0.15, 0.2) is 54.1 Å². The molecule has 0 saturated carbocycles. The second kappa shape index (κ2) is 6.97. The number of rotatable bonds is 3. The zero-order valence-corrected chi connectivity index (χ0v) is 13.5. The number of halogens is 3. The lowest BCUT2D eigenvalue weighted by molar-refractivity contribution is 0.0724. The van der Waals surface area contributed by atoms with E-state index >= 15 is 0 Å². The van der Waals surface area contributed by atoms with E-state index in [2.05, 4.69) is 0 Å². The van der Waals surface area contributed by atoms with Gasteiger partial charge in [-0.3, -0.25) is 0 Å². The molecule has 25 heavy (non-hydrogen) atoms. The Morgan fingerprint density at radius 3 is 2.16 bits per heavy atom. The molecule has 0 spiro atoms. The van der Waals surface area contributed by atoms with Gasteiger partial charge in [-0.25, -0.2) is 18.0 Å². The Morgan fingerprint density at radius 2 is 1.60 bits per heavy atom. The van der Waals surface area contributed by atoms with Crippen LogP contribution in [0.1, 0.15) is 35.7 Å². The fourth-order valence-electron chi connectivity index (χ4n) is 2.60. The van der Waals surface area contributed by atoms with Crippen molar-refractivity contribution in [3.8, 4) is 5.75 Å². The maximum atomic E-state index is 14.3. The number of benzene rings is 2. The van der Waals surface area contributed by atoms with Gasteiger partial charge < -0.3 is 4.74 Å². The van der Waals surface area contributed by atoms with Gasteiger partial charge in [-0.2, -0.15) is 0 Å². The minimum Gasteiger partial charge on any atom is -0.423 e. The summed E-state index contributed by atoms with van der Waals surface area (Å²) in [6.45, 7) is 1.99. The van der Waals surface area contributed by atoms with Crippen LogP contribution in [-0.2, 0) is 0 Å². The van der Waals surface area contributed by atoms with Gasteiger partial charge in [0.2, 0.25) is 0 Å². The Morgan fingerprint density at radius 1 is 0.960 bits per heavy atom. The summed E-state index contributed by atoms with van der Waals surface area (Å²) in [5.74, 6) is -3.65. The molecule has 0 heterocycles. The normalized spacial score (nSPS) is 13.9. The molecule has 0 radical (unpaired) electrons. The van der Waals surface area contributed by atoms with Crippen LogP contribution in [0.25, 0.3) is 5.57 Å². The lowest BCUT2D eigenvalue weighted by atomic mass is 9.93. The first-order valence-corrected chi connectivity index (χ1v) is 7.77. The monoisotopic (exact) mass is 344 g/mol. The summed E-state index contributed by atoms with van der Waals surface area (Å²) >= 11 is 0. The van der Waals surface area contributed by atoms with E-state index in [0.717, 1.165) is 36.3 Å². The van der Waals surface area contributed by atoms with Crippen LogP contribution in [0.5, 0.6) is 5.75 Å². The van der Waals surface area contributed by atoms with Crippen molar-refractivity contribution in [2.75, 3.05) is 0 Å². The lowest BCUT2D eigenvalue weighted by Crippen LogP contribution is -2.14. The van der Waals surface area contributed by atoms with E-state index in [4.69, 9.17) is 4.74 Å². The molecule has 0 bridgehead atoms. The number of esters is 1. The first kappa shape index (κ1) is 17.0. The van der Waals surface area contributed by atoms with Gasteiger partial charge in [0, 0.05) is 0 Å². The van der Waals surface area contributed by atoms with Crippen LogP contribution < -0.4 is 4.74 Å². The van der Waals surface area contributed by atoms with Crippen LogP contribution in [0, 0.1) is 17.5 Å². The Labute approximate surface area is 143 Å². The third kappa shape index (κ3) is 3.82. The highest BCUT2D eigenvalue weighted by Crippen LogP contribution is 2.29. The summed E-state index contributed by atoms with van der Waals surface area (Å²) in [7, 11) is 0. The highest BCUT2D eigenvalue weighted by atomic mass is 19.1. The molecule has 1 aliphatic rings. The van der Waals surface area contributed by atoms with Crippen LogP contribution in [-0.4, -0.2) is 5.97 Å². The van der Waals surface area contributed by atoms with Gasteiger partial charge in [0.15, 0.2) is 0 Å². The SMILES string of the molecule is CC1=CC=C(c2cc(F)c(C(=O)Oc3ccc(F)cc3)c(F)c2)CC1. The molecule has 0 fully saturated rings. The summed E-state index contributed by atoms with van der Waals surface area (Å²) in [6, 6.07) is 6.85. The third-order valence-electron chi connectivity index (χ3n) is 4.00. The predicted octanol–water partition coefficient (Wildman–Crippen LogP) is 5.45. The average Bonchev–Trinajstić information content (AvgIpc) is 2.57. The summed E-state index contributed by atoms with van der Waals surface area (Å²) in [4.78, 5) is 12.1. The van der Waals surface area contributed by atoms with Gasteiger partial charge in [-0.05, 0) is 67.3 Å². The van der Waals surface area contributed by atoms with Crippen molar-refractivity contribution in [3.05, 3.63) is 82.7 Å². The van der Waals surface area contributed by atoms with E-state index in [1.807, 2.05) is 19.1 Å². The van der Waals surface area contributed by atoms with E-state index < -0.39 is 29.0 Å². The first-order chi connectivity index (χ1) is 11.9. The molecule has 2 aromatic carbocycles. The maximum absolute atomic E-state index is 14.3. The van der Waals surface area contributed by atoms with Gasteiger partial charge in [0.1, 0.15) is 28.8 Å². The fourth-order valence-corrected chi connectivity index (χ4v) is 2.60. The minimum atomic E-state index is -1.17. The molecule has 0 amide bonds. The molecule has 0 aliphatic heterocycles. The fraction of sp³-hybridized carbons (Fsp3) is 0.150. The van der Waals surface area contributed by atoms with Crippen LogP contribution >= 0.6 is 0 Å². The van der Waals surface area contributed by atoms with E-state index in [9.17, 15) is 18.0 Å². The van der Waals surface area contributed by atoms with E-state index in [-0.39, 0.29) is 5.75 Å². The molecule has 2 aromatic rings. The molecule has 0 atom stereocenters. The smallest absolute Gasteiger partial charge is 0.349 e. The standard InChI is InChI=1S/C20H15F3O2/c1-12-2-4-13(5-3-12)14-10-17(22)19(18(23)11-14)20(24)25-16-8-6-15(21)7-9-16/h2,4,6-11H,3,5H2,1H3. The van der Waals surface area contributed by atoms with Crippen molar-refractivity contribution >= 4 is 11.5 Å². The summed E-state index contributed by atoms with van der Waals surface area (Å²) in [6.07, 6.45) is 5.24. The largest absolute Gasteiger partial charge is 0.423 e. The van der Waals surface area contributed by atoms with Gasteiger partial charge >= 0.3 is 5.97 Å². The van der Waals surface area contributed by atoms with Crippen LogP contribution in [0.4, 0.5) is 13.2 Å². The molecule has 0 unspecified atom stereocenters. The predicted molar refractivity (Wildman–Crippen MR) is 88.7 cm³/mol. The van der Waals surface area contributed by atoms with Crippen molar-refractivity contribution in [2.24, 2.45) is 0 Å². The van der Waals surface area contributed by atoms with Crippen molar-refractivity contribution in [1.82, 2.24) is 0 Å². The Kier molecular flexibility index (Phi) is 4.74. The number of hydrogen-bond donors (Lipinski definition) is 0. The zero-order chi connectivity index (χ0) is 18.0. The van der Waals surface area contributed by atoms with Crippen molar-refractivity contribution in [3.63, 3.8) is 0 Å². The summed E-state index contributed by atoms with van der Waals surface area (Å²) in [5, 5.41) is 0. The van der Waals surface area contributed by atoms with Crippen LogP contribution in [0.2, 0.25) is 0 Å². The average molecular weight is 344 g/mol. The van der Waals surface area contributed by atoms with E-state index in [0.29, 0.717) is 12.0 Å². The van der Waals surface area contributed by atoms with Crippen molar-refractivity contribution < 1.29 is 22.7 Å². The molecule has 128 valence electrons. The van der Waals surface area contributed by atoms with Gasteiger partial charge in [-0.15, -0.1) is 0 Å². The van der Waals surface area contributed by atoms with Crippen molar-refractivity contribution in [1.29, 1.82) is 0 Å². The summed E-state index contributed by atoms with van der Waals surface area (Å²) < 4.78 is 46.4. The highest BCUT2D eigenvalue weighted by Gasteiger charge is 2.22. The van der Waals surface area contributed by atoms with Gasteiger partial charge in [0.25, 0.3) is 0 Å². The third-order valence-corrected chi connectivity index (χ3v) is 4.00. The number of hydrogen-bond acceptors (Lipinski definition) is 2. The number of ether oxygens (including phenoxy) is 1. The van der Waals surface area contributed by atoms with E-state index in [1.54, 1.807) is 0 Å². The van der Waals surface area contributed by atoms with Crippen molar-refractivity contribution in [2.45, 2.75) is 19.8 Å². The molecule has 0 N–H and O–H groups in total. The molecular weight excluding hydrogens is 329 g/mol. The molecule has 0 aromatic heterocycles. The quantitative estimate of drug-likeness (QED) is 0.547. The molecule has 5 heteroatoms.